The molecule has 2 rings (SSSR count). The molecule has 30 heavy (non-hydrogen) atoms. The van der Waals surface area contributed by atoms with Crippen molar-refractivity contribution in [1.29, 1.82) is 0 Å². The van der Waals surface area contributed by atoms with Crippen molar-refractivity contribution in [1.82, 2.24) is 16.0 Å². The zero-order valence-electron chi connectivity index (χ0n) is 16.6. The van der Waals surface area contributed by atoms with Crippen molar-refractivity contribution >= 4 is 11.9 Å². The Morgan fingerprint density at radius 1 is 1.07 bits per heavy atom. The molecule has 4 N–H and O–H groups in total. The Kier molecular flexibility index (Phi) is 9.53. The minimum atomic E-state index is -2.90. The van der Waals surface area contributed by atoms with E-state index in [1.54, 1.807) is 0 Å². The van der Waals surface area contributed by atoms with Gasteiger partial charge in [-0.1, -0.05) is 42.5 Å². The maximum atomic E-state index is 12.2. The summed E-state index contributed by atoms with van der Waals surface area (Å²) in [4.78, 5) is 16.2. The second kappa shape index (κ2) is 12.4. The monoisotopic (exact) mass is 420 g/mol. The highest BCUT2D eigenvalue weighted by Crippen LogP contribution is 2.18. The molecule has 2 aromatic carbocycles. The molecule has 0 aliphatic rings. The molecule has 1 unspecified atom stereocenters. The zero-order valence-corrected chi connectivity index (χ0v) is 16.6. The number of ether oxygens (including phenoxy) is 1. The van der Waals surface area contributed by atoms with Crippen LogP contribution in [0.4, 0.5) is 8.78 Å². The van der Waals surface area contributed by atoms with Crippen LogP contribution < -0.4 is 20.7 Å². The first-order chi connectivity index (χ1) is 14.5. The van der Waals surface area contributed by atoms with E-state index in [2.05, 4.69) is 25.7 Å². The van der Waals surface area contributed by atoms with E-state index in [1.807, 2.05) is 37.3 Å². The fourth-order valence-corrected chi connectivity index (χ4v) is 2.53. The van der Waals surface area contributed by atoms with Crippen molar-refractivity contribution in [3.05, 3.63) is 65.7 Å². The number of nitrogens with zero attached hydrogens (tertiary/aromatic N) is 1. The molecule has 0 fully saturated rings. The number of halogens is 2. The van der Waals surface area contributed by atoms with Crippen molar-refractivity contribution in [3.63, 3.8) is 0 Å². The quantitative estimate of drug-likeness (QED) is 0.349. The highest BCUT2D eigenvalue weighted by atomic mass is 19.3. The number of guanidine groups is 1. The van der Waals surface area contributed by atoms with Gasteiger partial charge < -0.3 is 25.8 Å². The summed E-state index contributed by atoms with van der Waals surface area (Å²) in [5, 5.41) is 19.0. The first kappa shape index (κ1) is 23.1. The summed E-state index contributed by atoms with van der Waals surface area (Å²) in [6.07, 6.45) is -0.902. The maximum Gasteiger partial charge on any atom is 0.387 e. The van der Waals surface area contributed by atoms with Gasteiger partial charge in [-0.05, 0) is 30.2 Å². The normalized spacial score (nSPS) is 12.4. The van der Waals surface area contributed by atoms with Gasteiger partial charge in [0.05, 0.1) is 6.10 Å². The van der Waals surface area contributed by atoms with E-state index in [9.17, 15) is 18.7 Å². The van der Waals surface area contributed by atoms with Gasteiger partial charge in [0.2, 0.25) is 5.91 Å². The van der Waals surface area contributed by atoms with E-state index >= 15 is 0 Å². The fourth-order valence-electron chi connectivity index (χ4n) is 2.53. The number of carbonyl (C=O) groups excluding carboxylic acids is 1. The molecular formula is C21H26F2N4O3. The molecule has 1 amide bonds. The van der Waals surface area contributed by atoms with E-state index in [1.165, 1.54) is 24.3 Å². The van der Waals surface area contributed by atoms with Crippen LogP contribution in [0.1, 0.15) is 24.2 Å². The summed E-state index contributed by atoms with van der Waals surface area (Å²) in [7, 11) is 0. The average molecular weight is 420 g/mol. The number of aliphatic hydroxyl groups excluding tert-OH is 1. The Balaban J connectivity index is 1.82. The van der Waals surface area contributed by atoms with Crippen molar-refractivity contribution < 1.29 is 23.4 Å². The minimum Gasteiger partial charge on any atom is -0.435 e. The van der Waals surface area contributed by atoms with E-state index in [0.29, 0.717) is 24.6 Å². The van der Waals surface area contributed by atoms with Crippen LogP contribution in [0.2, 0.25) is 0 Å². The lowest BCUT2D eigenvalue weighted by Crippen LogP contribution is -2.40. The van der Waals surface area contributed by atoms with E-state index in [0.717, 1.165) is 5.56 Å². The molecule has 0 spiro atoms. The number of benzene rings is 2. The van der Waals surface area contributed by atoms with E-state index in [4.69, 9.17) is 0 Å². The van der Waals surface area contributed by atoms with Crippen LogP contribution in [-0.4, -0.2) is 43.2 Å². The van der Waals surface area contributed by atoms with Gasteiger partial charge in [0.15, 0.2) is 5.96 Å². The third-order valence-corrected chi connectivity index (χ3v) is 4.01. The average Bonchev–Trinajstić information content (AvgIpc) is 2.75. The lowest BCUT2D eigenvalue weighted by atomic mass is 10.1. The van der Waals surface area contributed by atoms with Crippen molar-refractivity contribution in [2.24, 2.45) is 4.99 Å². The first-order valence-corrected chi connectivity index (χ1v) is 9.53. The molecule has 2 aromatic rings. The third kappa shape index (κ3) is 8.44. The number of hydrogen-bond acceptors (Lipinski definition) is 4. The lowest BCUT2D eigenvalue weighted by Gasteiger charge is -2.16. The number of nitrogens with one attached hydrogen (secondary N) is 3. The Hall–Kier alpha value is -3.20. The predicted molar refractivity (Wildman–Crippen MR) is 110 cm³/mol. The molecule has 7 nitrogen and oxygen atoms in total. The zero-order chi connectivity index (χ0) is 21.8. The van der Waals surface area contributed by atoms with Crippen LogP contribution >= 0.6 is 0 Å². The Morgan fingerprint density at radius 3 is 2.40 bits per heavy atom. The summed E-state index contributed by atoms with van der Waals surface area (Å²) < 4.78 is 28.7. The molecule has 0 bridgehead atoms. The highest BCUT2D eigenvalue weighted by molar-refractivity contribution is 5.84. The summed E-state index contributed by atoms with van der Waals surface area (Å²) in [5.41, 5.74) is 1.52. The second-order valence-electron chi connectivity index (χ2n) is 6.30. The summed E-state index contributed by atoms with van der Waals surface area (Å²) in [6, 6.07) is 15.3. The Labute approximate surface area is 174 Å². The molecule has 0 aliphatic carbocycles. The number of aliphatic hydroxyl groups is 1. The highest BCUT2D eigenvalue weighted by Gasteiger charge is 2.10. The van der Waals surface area contributed by atoms with Gasteiger partial charge in [-0.25, -0.2) is 4.99 Å². The van der Waals surface area contributed by atoms with E-state index in [-0.39, 0.29) is 24.7 Å². The van der Waals surface area contributed by atoms with Crippen LogP contribution in [0.25, 0.3) is 0 Å². The number of rotatable bonds is 10. The Bertz CT molecular complexity index is 802. The molecule has 9 heteroatoms. The number of alkyl halides is 2. The van der Waals surface area contributed by atoms with Gasteiger partial charge >= 0.3 is 6.61 Å². The largest absolute Gasteiger partial charge is 0.435 e. The maximum absolute atomic E-state index is 12.2. The number of aliphatic imine (C=N–C) groups is 1. The third-order valence-electron chi connectivity index (χ3n) is 4.01. The van der Waals surface area contributed by atoms with Crippen LogP contribution in [0.3, 0.4) is 0 Å². The number of amides is 1. The summed E-state index contributed by atoms with van der Waals surface area (Å²) in [5.74, 6) is 0.167. The molecule has 0 radical (unpaired) electrons. The molecule has 0 heterocycles. The molecule has 162 valence electrons. The topological polar surface area (TPSA) is 95.0 Å². The van der Waals surface area contributed by atoms with Gasteiger partial charge in [0.1, 0.15) is 12.3 Å². The fraction of sp³-hybridized carbons (Fsp3) is 0.333. The SMILES string of the molecule is CCNC(=NCC(=O)NCc1ccccc1)NCC(O)c1ccc(OC(F)F)cc1. The van der Waals surface area contributed by atoms with Gasteiger partial charge in [0, 0.05) is 19.6 Å². The van der Waals surface area contributed by atoms with Gasteiger partial charge in [-0.3, -0.25) is 4.79 Å². The lowest BCUT2D eigenvalue weighted by molar-refractivity contribution is -0.119. The first-order valence-electron chi connectivity index (χ1n) is 9.53. The van der Waals surface area contributed by atoms with Crippen LogP contribution in [0.15, 0.2) is 59.6 Å². The molecule has 1 atom stereocenters. The minimum absolute atomic E-state index is 0.0188. The standard InChI is InChI=1S/C21H26F2N4O3/c1-2-24-21(27-14-19(29)25-12-15-6-4-3-5-7-15)26-13-18(28)16-8-10-17(11-9-16)30-20(22)23/h3-11,18,20,28H,2,12-14H2,1H3,(H,25,29)(H2,24,26,27). The molecule has 0 saturated carbocycles. The van der Waals surface area contributed by atoms with E-state index < -0.39 is 12.7 Å². The predicted octanol–water partition coefficient (Wildman–Crippen LogP) is 2.19. The smallest absolute Gasteiger partial charge is 0.387 e. The van der Waals surface area contributed by atoms with Gasteiger partial charge in [-0.2, -0.15) is 8.78 Å². The van der Waals surface area contributed by atoms with Crippen molar-refractivity contribution in [2.75, 3.05) is 19.6 Å². The van der Waals surface area contributed by atoms with Crippen LogP contribution in [0, 0.1) is 0 Å². The van der Waals surface area contributed by atoms with Gasteiger partial charge in [-0.15, -0.1) is 0 Å². The Morgan fingerprint density at radius 2 is 1.77 bits per heavy atom. The molecular weight excluding hydrogens is 394 g/mol. The summed E-state index contributed by atoms with van der Waals surface area (Å²) in [6.45, 7) is 0.0253. The molecule has 0 aliphatic heterocycles. The number of carbonyl (C=O) groups is 1. The van der Waals surface area contributed by atoms with Crippen LogP contribution in [-0.2, 0) is 11.3 Å². The molecule has 0 aromatic heterocycles. The molecule has 0 saturated heterocycles. The van der Waals surface area contributed by atoms with Crippen LogP contribution in [0.5, 0.6) is 5.75 Å². The van der Waals surface area contributed by atoms with Gasteiger partial charge in [0.25, 0.3) is 0 Å². The van der Waals surface area contributed by atoms with Crippen molar-refractivity contribution in [3.8, 4) is 5.75 Å². The second-order valence-corrected chi connectivity index (χ2v) is 6.30. The van der Waals surface area contributed by atoms with Crippen molar-refractivity contribution in [2.45, 2.75) is 26.2 Å². The summed E-state index contributed by atoms with van der Waals surface area (Å²) >= 11 is 0. The number of hydrogen-bond donors (Lipinski definition) is 4.